The first kappa shape index (κ1) is 18.0. The Labute approximate surface area is 158 Å². The maximum Gasteiger partial charge on any atom is 0.225 e. The fourth-order valence-corrected chi connectivity index (χ4v) is 2.79. The molecule has 1 aromatic heterocycles. The summed E-state index contributed by atoms with van der Waals surface area (Å²) in [6, 6.07) is 17.5. The standard InChI is InChI=1S/C20H21ClN4O/c1-14-11-19(22-12-15-7-3-5-9-17(15)21)25-20(24-14)23-13-16-8-4-6-10-18(16)26-2/h3-11H,12-13H2,1-2H3,(H2,22,23,24,25). The van der Waals surface area contributed by atoms with Crippen LogP contribution in [0.2, 0.25) is 5.02 Å². The molecule has 0 saturated heterocycles. The van der Waals surface area contributed by atoms with Crippen LogP contribution in [0.5, 0.6) is 5.75 Å². The van der Waals surface area contributed by atoms with Gasteiger partial charge in [0.2, 0.25) is 5.95 Å². The highest BCUT2D eigenvalue weighted by Crippen LogP contribution is 2.20. The summed E-state index contributed by atoms with van der Waals surface area (Å²) in [5.74, 6) is 2.15. The Morgan fingerprint density at radius 1 is 0.923 bits per heavy atom. The zero-order valence-electron chi connectivity index (χ0n) is 14.8. The number of hydrogen-bond donors (Lipinski definition) is 2. The average molecular weight is 369 g/mol. The van der Waals surface area contributed by atoms with E-state index in [4.69, 9.17) is 16.3 Å². The third-order valence-electron chi connectivity index (χ3n) is 3.90. The van der Waals surface area contributed by atoms with E-state index in [0.29, 0.717) is 19.0 Å². The number of anilines is 2. The maximum absolute atomic E-state index is 6.20. The second-order valence-corrected chi connectivity index (χ2v) is 6.24. The third-order valence-corrected chi connectivity index (χ3v) is 4.27. The zero-order chi connectivity index (χ0) is 18.4. The van der Waals surface area contributed by atoms with E-state index in [9.17, 15) is 0 Å². The van der Waals surface area contributed by atoms with Crippen LogP contribution in [0.4, 0.5) is 11.8 Å². The van der Waals surface area contributed by atoms with Crippen LogP contribution in [0.25, 0.3) is 0 Å². The van der Waals surface area contributed by atoms with Crippen LogP contribution in [-0.2, 0) is 13.1 Å². The molecule has 0 atom stereocenters. The molecule has 6 heteroatoms. The van der Waals surface area contributed by atoms with Gasteiger partial charge in [-0.3, -0.25) is 0 Å². The molecule has 3 rings (SSSR count). The molecule has 5 nitrogen and oxygen atoms in total. The van der Waals surface area contributed by atoms with Crippen molar-refractivity contribution in [2.75, 3.05) is 17.7 Å². The Hall–Kier alpha value is -2.79. The number of aromatic nitrogens is 2. The van der Waals surface area contributed by atoms with Crippen molar-refractivity contribution in [3.63, 3.8) is 0 Å². The molecular formula is C20H21ClN4O. The van der Waals surface area contributed by atoms with Gasteiger partial charge in [0.15, 0.2) is 0 Å². The number of nitrogens with zero attached hydrogens (tertiary/aromatic N) is 2. The van der Waals surface area contributed by atoms with Crippen molar-refractivity contribution in [1.82, 2.24) is 9.97 Å². The van der Waals surface area contributed by atoms with Crippen molar-refractivity contribution in [1.29, 1.82) is 0 Å². The van der Waals surface area contributed by atoms with Gasteiger partial charge in [-0.25, -0.2) is 4.98 Å². The van der Waals surface area contributed by atoms with Crippen molar-refractivity contribution >= 4 is 23.4 Å². The summed E-state index contributed by atoms with van der Waals surface area (Å²) in [6.45, 7) is 3.12. The monoisotopic (exact) mass is 368 g/mol. The fourth-order valence-electron chi connectivity index (χ4n) is 2.59. The van der Waals surface area contributed by atoms with Gasteiger partial charge >= 0.3 is 0 Å². The predicted molar refractivity (Wildman–Crippen MR) is 106 cm³/mol. The van der Waals surface area contributed by atoms with E-state index in [2.05, 4.69) is 20.6 Å². The number of para-hydroxylation sites is 1. The van der Waals surface area contributed by atoms with Crippen molar-refractivity contribution in [2.45, 2.75) is 20.0 Å². The van der Waals surface area contributed by atoms with Crippen LogP contribution in [0.1, 0.15) is 16.8 Å². The number of rotatable bonds is 7. The van der Waals surface area contributed by atoms with Gasteiger partial charge in [-0.15, -0.1) is 0 Å². The van der Waals surface area contributed by atoms with E-state index in [0.717, 1.165) is 33.4 Å². The summed E-state index contributed by atoms with van der Waals surface area (Å²) < 4.78 is 5.37. The lowest BCUT2D eigenvalue weighted by atomic mass is 10.2. The number of aryl methyl sites for hydroxylation is 1. The van der Waals surface area contributed by atoms with Crippen molar-refractivity contribution in [3.05, 3.63) is 76.4 Å². The Morgan fingerprint density at radius 3 is 2.38 bits per heavy atom. The minimum absolute atomic E-state index is 0.567. The Morgan fingerprint density at radius 2 is 1.62 bits per heavy atom. The smallest absolute Gasteiger partial charge is 0.225 e. The van der Waals surface area contributed by atoms with Crippen molar-refractivity contribution in [3.8, 4) is 5.75 Å². The van der Waals surface area contributed by atoms with E-state index in [1.807, 2.05) is 61.5 Å². The van der Waals surface area contributed by atoms with E-state index >= 15 is 0 Å². The third kappa shape index (κ3) is 4.64. The van der Waals surface area contributed by atoms with Crippen molar-refractivity contribution in [2.24, 2.45) is 0 Å². The molecule has 2 aromatic carbocycles. The normalized spacial score (nSPS) is 10.4. The molecule has 0 saturated carbocycles. The largest absolute Gasteiger partial charge is 0.496 e. The molecular weight excluding hydrogens is 348 g/mol. The van der Waals surface area contributed by atoms with Gasteiger partial charge in [-0.2, -0.15) is 4.98 Å². The molecule has 0 fully saturated rings. The molecule has 2 N–H and O–H groups in total. The summed E-state index contributed by atoms with van der Waals surface area (Å²) in [4.78, 5) is 8.98. The second-order valence-electron chi connectivity index (χ2n) is 5.83. The SMILES string of the molecule is COc1ccccc1CNc1nc(C)cc(NCc2ccccc2Cl)n1. The van der Waals surface area contributed by atoms with Crippen LogP contribution in [0, 0.1) is 6.92 Å². The summed E-state index contributed by atoms with van der Waals surface area (Å²) in [6.07, 6.45) is 0. The summed E-state index contributed by atoms with van der Waals surface area (Å²) in [7, 11) is 1.67. The van der Waals surface area contributed by atoms with Gasteiger partial charge < -0.3 is 15.4 Å². The number of benzene rings is 2. The summed E-state index contributed by atoms with van der Waals surface area (Å²) in [5, 5.41) is 7.30. The van der Waals surface area contributed by atoms with E-state index in [1.54, 1.807) is 7.11 Å². The molecule has 0 bridgehead atoms. The quantitative estimate of drug-likeness (QED) is 0.634. The lowest BCUT2D eigenvalue weighted by Gasteiger charge is -2.12. The highest BCUT2D eigenvalue weighted by atomic mass is 35.5. The van der Waals surface area contributed by atoms with Gasteiger partial charge in [0.1, 0.15) is 11.6 Å². The lowest BCUT2D eigenvalue weighted by molar-refractivity contribution is 0.410. The van der Waals surface area contributed by atoms with Crippen LogP contribution in [0.15, 0.2) is 54.6 Å². The number of hydrogen-bond acceptors (Lipinski definition) is 5. The molecule has 0 aliphatic heterocycles. The molecule has 0 aliphatic carbocycles. The highest BCUT2D eigenvalue weighted by molar-refractivity contribution is 6.31. The first-order valence-corrected chi connectivity index (χ1v) is 8.72. The zero-order valence-corrected chi connectivity index (χ0v) is 15.5. The van der Waals surface area contributed by atoms with E-state index in [-0.39, 0.29) is 0 Å². The molecule has 3 aromatic rings. The number of halogens is 1. The number of nitrogens with one attached hydrogen (secondary N) is 2. The Balaban J connectivity index is 1.68. The van der Waals surface area contributed by atoms with E-state index < -0.39 is 0 Å². The predicted octanol–water partition coefficient (Wildman–Crippen LogP) is 4.67. The fraction of sp³-hybridized carbons (Fsp3) is 0.200. The number of methoxy groups -OCH3 is 1. The summed E-state index contributed by atoms with van der Waals surface area (Å²) in [5.41, 5.74) is 2.95. The minimum atomic E-state index is 0.567. The maximum atomic E-state index is 6.20. The number of ether oxygens (including phenoxy) is 1. The van der Waals surface area contributed by atoms with Gasteiger partial charge in [-0.1, -0.05) is 48.0 Å². The molecule has 0 spiro atoms. The minimum Gasteiger partial charge on any atom is -0.496 e. The summed E-state index contributed by atoms with van der Waals surface area (Å²) >= 11 is 6.20. The van der Waals surface area contributed by atoms with Crippen LogP contribution >= 0.6 is 11.6 Å². The van der Waals surface area contributed by atoms with Crippen LogP contribution in [-0.4, -0.2) is 17.1 Å². The topological polar surface area (TPSA) is 59.1 Å². The first-order valence-electron chi connectivity index (χ1n) is 8.34. The molecule has 0 amide bonds. The van der Waals surface area contributed by atoms with Crippen LogP contribution in [0.3, 0.4) is 0 Å². The first-order chi connectivity index (χ1) is 12.7. The Kier molecular flexibility index (Phi) is 5.92. The van der Waals surface area contributed by atoms with Gasteiger partial charge in [0.25, 0.3) is 0 Å². The van der Waals surface area contributed by atoms with Gasteiger partial charge in [-0.05, 0) is 24.6 Å². The molecule has 134 valence electrons. The molecule has 0 radical (unpaired) electrons. The van der Waals surface area contributed by atoms with E-state index in [1.165, 1.54) is 0 Å². The molecule has 1 heterocycles. The van der Waals surface area contributed by atoms with Crippen LogP contribution < -0.4 is 15.4 Å². The highest BCUT2D eigenvalue weighted by Gasteiger charge is 2.06. The lowest BCUT2D eigenvalue weighted by Crippen LogP contribution is -2.08. The molecule has 0 unspecified atom stereocenters. The van der Waals surface area contributed by atoms with Gasteiger partial charge in [0, 0.05) is 35.4 Å². The average Bonchev–Trinajstić information content (AvgIpc) is 2.65. The Bertz CT molecular complexity index is 885. The van der Waals surface area contributed by atoms with Gasteiger partial charge in [0.05, 0.1) is 7.11 Å². The molecule has 0 aliphatic rings. The molecule has 26 heavy (non-hydrogen) atoms. The second kappa shape index (κ2) is 8.54. The van der Waals surface area contributed by atoms with Crippen molar-refractivity contribution < 1.29 is 4.74 Å².